The summed E-state index contributed by atoms with van der Waals surface area (Å²) >= 11 is 3.26. The molecule has 0 spiro atoms. The zero-order valence-corrected chi connectivity index (χ0v) is 11.7. The van der Waals surface area contributed by atoms with Gasteiger partial charge in [-0.3, -0.25) is 0 Å². The third kappa shape index (κ3) is 4.41. The molecule has 0 N–H and O–H groups in total. The lowest BCUT2D eigenvalue weighted by Crippen LogP contribution is -2.33. The maximum atomic E-state index is 11.9. The van der Waals surface area contributed by atoms with Gasteiger partial charge >= 0.3 is 0 Å². The first-order chi connectivity index (χ1) is 7.06. The van der Waals surface area contributed by atoms with Crippen molar-refractivity contribution in [3.8, 4) is 0 Å². The molecule has 0 unspecified atom stereocenters. The molecule has 3 nitrogen and oxygen atoms in total. The standard InChI is InChI=1S/C10H20BrNO2S/c1-12(8-7-11)15(13,14)9-10-5-3-2-4-6-10/h10H,2-9H2,1H3. The Morgan fingerprint density at radius 1 is 1.27 bits per heavy atom. The van der Waals surface area contributed by atoms with Crippen molar-refractivity contribution in [2.75, 3.05) is 24.7 Å². The van der Waals surface area contributed by atoms with Crippen molar-refractivity contribution >= 4 is 26.0 Å². The fraction of sp³-hybridized carbons (Fsp3) is 1.00. The molecule has 1 aliphatic rings. The largest absolute Gasteiger partial charge is 0.214 e. The molecule has 5 heteroatoms. The molecule has 0 radical (unpaired) electrons. The second-order valence-corrected chi connectivity index (χ2v) is 7.21. The summed E-state index contributed by atoms with van der Waals surface area (Å²) in [6, 6.07) is 0. The molecule has 15 heavy (non-hydrogen) atoms. The van der Waals surface area contributed by atoms with Gasteiger partial charge in [-0.25, -0.2) is 12.7 Å². The van der Waals surface area contributed by atoms with E-state index in [1.807, 2.05) is 0 Å². The molecular weight excluding hydrogens is 278 g/mol. The highest BCUT2D eigenvalue weighted by Crippen LogP contribution is 2.25. The number of rotatable bonds is 5. The van der Waals surface area contributed by atoms with E-state index in [0.29, 0.717) is 23.5 Å². The minimum atomic E-state index is -3.02. The number of nitrogens with zero attached hydrogens (tertiary/aromatic N) is 1. The average Bonchev–Trinajstić information content (AvgIpc) is 2.19. The average molecular weight is 298 g/mol. The maximum Gasteiger partial charge on any atom is 0.214 e. The molecule has 1 rings (SSSR count). The van der Waals surface area contributed by atoms with E-state index in [0.717, 1.165) is 12.8 Å². The Labute approximate surface area is 101 Å². The lowest BCUT2D eigenvalue weighted by Gasteiger charge is -2.24. The minimum absolute atomic E-state index is 0.344. The van der Waals surface area contributed by atoms with Crippen LogP contribution >= 0.6 is 15.9 Å². The smallest absolute Gasteiger partial charge is 0.212 e. The zero-order valence-electron chi connectivity index (χ0n) is 9.28. The van der Waals surface area contributed by atoms with Crippen molar-refractivity contribution in [2.45, 2.75) is 32.1 Å². The van der Waals surface area contributed by atoms with Crippen molar-refractivity contribution in [3.63, 3.8) is 0 Å². The molecule has 0 aliphatic heterocycles. The van der Waals surface area contributed by atoms with Gasteiger partial charge in [-0.1, -0.05) is 35.2 Å². The predicted molar refractivity (Wildman–Crippen MR) is 66.8 cm³/mol. The van der Waals surface area contributed by atoms with Gasteiger partial charge in [-0.15, -0.1) is 0 Å². The highest BCUT2D eigenvalue weighted by atomic mass is 79.9. The molecule has 0 aromatic heterocycles. The lowest BCUT2D eigenvalue weighted by molar-refractivity contribution is 0.377. The summed E-state index contributed by atoms with van der Waals surface area (Å²) in [6.07, 6.45) is 5.83. The normalized spacial score (nSPS) is 19.7. The second kappa shape index (κ2) is 6.21. The first kappa shape index (κ1) is 13.5. The number of alkyl halides is 1. The second-order valence-electron chi connectivity index (χ2n) is 4.29. The zero-order chi connectivity index (χ0) is 11.3. The summed E-state index contributed by atoms with van der Waals surface area (Å²) in [6.45, 7) is 0.565. The van der Waals surface area contributed by atoms with Crippen LogP contribution in [-0.2, 0) is 10.0 Å². The number of hydrogen-bond acceptors (Lipinski definition) is 2. The lowest BCUT2D eigenvalue weighted by atomic mass is 9.91. The van der Waals surface area contributed by atoms with E-state index in [1.165, 1.54) is 23.6 Å². The van der Waals surface area contributed by atoms with E-state index < -0.39 is 10.0 Å². The van der Waals surface area contributed by atoms with E-state index in [9.17, 15) is 8.42 Å². The van der Waals surface area contributed by atoms with Crippen molar-refractivity contribution in [1.29, 1.82) is 0 Å². The van der Waals surface area contributed by atoms with E-state index in [-0.39, 0.29) is 0 Å². The van der Waals surface area contributed by atoms with Gasteiger partial charge in [-0.2, -0.15) is 0 Å². The fourth-order valence-corrected chi connectivity index (χ4v) is 4.36. The Kier molecular flexibility index (Phi) is 5.57. The Balaban J connectivity index is 2.47. The van der Waals surface area contributed by atoms with Crippen LogP contribution < -0.4 is 0 Å². The summed E-state index contributed by atoms with van der Waals surface area (Å²) < 4.78 is 25.3. The first-order valence-corrected chi connectivity index (χ1v) is 8.29. The highest BCUT2D eigenvalue weighted by Gasteiger charge is 2.24. The third-order valence-electron chi connectivity index (χ3n) is 3.05. The van der Waals surface area contributed by atoms with Crippen LogP contribution in [0.25, 0.3) is 0 Å². The molecule has 90 valence electrons. The van der Waals surface area contributed by atoms with Gasteiger partial charge in [-0.05, 0) is 18.8 Å². The van der Waals surface area contributed by atoms with Crippen LogP contribution in [0.1, 0.15) is 32.1 Å². The summed E-state index contributed by atoms with van der Waals surface area (Å²) in [4.78, 5) is 0. The maximum absolute atomic E-state index is 11.9. The summed E-state index contributed by atoms with van der Waals surface area (Å²) in [5.41, 5.74) is 0. The summed E-state index contributed by atoms with van der Waals surface area (Å²) in [7, 11) is -1.35. The Bertz CT molecular complexity index is 273. The van der Waals surface area contributed by atoms with E-state index in [1.54, 1.807) is 7.05 Å². The highest BCUT2D eigenvalue weighted by molar-refractivity contribution is 9.09. The molecule has 0 bridgehead atoms. The van der Waals surface area contributed by atoms with E-state index >= 15 is 0 Å². The number of hydrogen-bond donors (Lipinski definition) is 0. The Morgan fingerprint density at radius 3 is 2.40 bits per heavy atom. The number of sulfonamides is 1. The van der Waals surface area contributed by atoms with Crippen molar-refractivity contribution in [2.24, 2.45) is 5.92 Å². The van der Waals surface area contributed by atoms with Crippen LogP contribution in [0.5, 0.6) is 0 Å². The van der Waals surface area contributed by atoms with E-state index in [4.69, 9.17) is 0 Å². The quantitative estimate of drug-likeness (QED) is 0.730. The van der Waals surface area contributed by atoms with Gasteiger partial charge in [0.2, 0.25) is 10.0 Å². The Hall–Kier alpha value is 0.390. The summed E-state index contributed by atoms with van der Waals surface area (Å²) in [5.74, 6) is 0.734. The molecule has 1 aliphatic carbocycles. The molecule has 0 aromatic rings. The first-order valence-electron chi connectivity index (χ1n) is 5.56. The molecule has 1 fully saturated rings. The molecule has 1 saturated carbocycles. The van der Waals surface area contributed by atoms with Gasteiger partial charge in [0.15, 0.2) is 0 Å². The van der Waals surface area contributed by atoms with Crippen LogP contribution in [0.2, 0.25) is 0 Å². The molecule has 0 amide bonds. The topological polar surface area (TPSA) is 37.4 Å². The molecule has 0 saturated heterocycles. The molecule has 0 heterocycles. The van der Waals surface area contributed by atoms with Gasteiger partial charge in [0.1, 0.15) is 0 Å². The van der Waals surface area contributed by atoms with Crippen LogP contribution in [0.4, 0.5) is 0 Å². The minimum Gasteiger partial charge on any atom is -0.212 e. The number of halogens is 1. The van der Waals surface area contributed by atoms with Gasteiger partial charge < -0.3 is 0 Å². The fourth-order valence-electron chi connectivity index (χ4n) is 2.04. The molecule has 0 atom stereocenters. The van der Waals surface area contributed by atoms with Crippen molar-refractivity contribution in [3.05, 3.63) is 0 Å². The van der Waals surface area contributed by atoms with Crippen LogP contribution in [0, 0.1) is 5.92 Å². The predicted octanol–water partition coefficient (Wildman–Crippen LogP) is 2.22. The van der Waals surface area contributed by atoms with Crippen molar-refractivity contribution < 1.29 is 8.42 Å². The van der Waals surface area contributed by atoms with Crippen LogP contribution in [-0.4, -0.2) is 37.4 Å². The monoisotopic (exact) mass is 297 g/mol. The van der Waals surface area contributed by atoms with Crippen LogP contribution in [0.15, 0.2) is 0 Å². The van der Waals surface area contributed by atoms with Crippen molar-refractivity contribution in [1.82, 2.24) is 4.31 Å². The van der Waals surface area contributed by atoms with Crippen LogP contribution in [0.3, 0.4) is 0 Å². The summed E-state index contributed by atoms with van der Waals surface area (Å²) in [5, 5.41) is 0.702. The third-order valence-corrected chi connectivity index (χ3v) is 5.42. The molecule has 0 aromatic carbocycles. The SMILES string of the molecule is CN(CCBr)S(=O)(=O)CC1CCCCC1. The van der Waals surface area contributed by atoms with Gasteiger partial charge in [0.25, 0.3) is 0 Å². The van der Waals surface area contributed by atoms with Gasteiger partial charge in [0.05, 0.1) is 5.75 Å². The van der Waals surface area contributed by atoms with Gasteiger partial charge in [0, 0.05) is 18.9 Å². The Morgan fingerprint density at radius 2 is 1.87 bits per heavy atom. The molecular formula is C10H20BrNO2S. The van der Waals surface area contributed by atoms with E-state index in [2.05, 4.69) is 15.9 Å².